The maximum atomic E-state index is 13.2. The van der Waals surface area contributed by atoms with Gasteiger partial charge in [0.25, 0.3) is 0 Å². The lowest BCUT2D eigenvalue weighted by atomic mass is 10.1. The third kappa shape index (κ3) is 5.80. The van der Waals surface area contributed by atoms with Gasteiger partial charge in [0.05, 0.1) is 17.5 Å². The van der Waals surface area contributed by atoms with Crippen molar-refractivity contribution in [2.45, 2.75) is 38.6 Å². The minimum Gasteiger partial charge on any atom is -0.478 e. The Hall–Kier alpha value is -2.26. The van der Waals surface area contributed by atoms with Crippen LogP contribution in [-0.4, -0.2) is 50.6 Å². The first-order valence-electron chi connectivity index (χ1n) is 6.73. The Kier molecular flexibility index (Phi) is 5.99. The molecule has 0 saturated heterocycles. The zero-order valence-electron chi connectivity index (χ0n) is 12.9. The maximum Gasteiger partial charge on any atom is 0.407 e. The van der Waals surface area contributed by atoms with E-state index in [1.165, 1.54) is 0 Å². The number of ether oxygens (including phenoxy) is 1. The summed E-state index contributed by atoms with van der Waals surface area (Å²) in [7, 11) is 0. The van der Waals surface area contributed by atoms with Crippen LogP contribution in [0.5, 0.6) is 0 Å². The molecular weight excluding hydrogens is 311 g/mol. The summed E-state index contributed by atoms with van der Waals surface area (Å²) in [5, 5.41) is 30.8. The third-order valence-corrected chi connectivity index (χ3v) is 2.63. The normalized spacial score (nSPS) is 14.0. The van der Waals surface area contributed by atoms with Crippen LogP contribution >= 0.6 is 0 Å². The Bertz CT molecular complexity index is 587. The molecule has 1 rings (SSSR count). The molecule has 0 radical (unpaired) electrons. The molecule has 0 spiro atoms. The van der Waals surface area contributed by atoms with Crippen LogP contribution < -0.4 is 5.32 Å². The molecule has 0 bridgehead atoms. The fourth-order valence-electron chi connectivity index (χ4n) is 1.59. The summed E-state index contributed by atoms with van der Waals surface area (Å²) < 4.78 is 18.2. The van der Waals surface area contributed by atoms with Gasteiger partial charge in [-0.25, -0.2) is 14.0 Å². The number of aromatic nitrogens is 1. The van der Waals surface area contributed by atoms with E-state index in [4.69, 9.17) is 9.84 Å². The fourth-order valence-corrected chi connectivity index (χ4v) is 1.59. The lowest BCUT2D eigenvalue weighted by molar-refractivity contribution is 0.0108. The third-order valence-electron chi connectivity index (χ3n) is 2.63. The molecule has 8 nitrogen and oxygen atoms in total. The molecule has 1 aromatic rings. The van der Waals surface area contributed by atoms with Gasteiger partial charge in [-0.3, -0.25) is 4.98 Å². The monoisotopic (exact) mass is 330 g/mol. The Morgan fingerprint density at radius 1 is 1.39 bits per heavy atom. The zero-order chi connectivity index (χ0) is 17.8. The number of rotatable bonds is 5. The van der Waals surface area contributed by atoms with Crippen molar-refractivity contribution >= 4 is 12.1 Å². The lowest BCUT2D eigenvalue weighted by Crippen LogP contribution is -2.39. The number of halogens is 1. The van der Waals surface area contributed by atoms with Crippen molar-refractivity contribution in [3.8, 4) is 0 Å². The molecule has 0 aliphatic heterocycles. The Morgan fingerprint density at radius 3 is 2.52 bits per heavy atom. The second-order valence-corrected chi connectivity index (χ2v) is 5.79. The van der Waals surface area contributed by atoms with Crippen LogP contribution in [0.1, 0.15) is 42.9 Å². The van der Waals surface area contributed by atoms with Gasteiger partial charge in [0.1, 0.15) is 17.8 Å². The van der Waals surface area contributed by atoms with E-state index in [9.17, 15) is 24.2 Å². The second-order valence-electron chi connectivity index (χ2n) is 5.79. The fraction of sp³-hybridized carbons (Fsp3) is 0.500. The first-order chi connectivity index (χ1) is 10.5. The first-order valence-corrected chi connectivity index (χ1v) is 6.73. The van der Waals surface area contributed by atoms with E-state index in [1.54, 1.807) is 20.8 Å². The minimum atomic E-state index is -1.61. The van der Waals surface area contributed by atoms with E-state index in [0.29, 0.717) is 6.20 Å². The molecule has 2 atom stereocenters. The number of carboxylic acids is 1. The summed E-state index contributed by atoms with van der Waals surface area (Å²) >= 11 is 0. The summed E-state index contributed by atoms with van der Waals surface area (Å²) in [6, 6.07) is 0.818. The molecule has 128 valence electrons. The van der Waals surface area contributed by atoms with Gasteiger partial charge in [0, 0.05) is 6.54 Å². The van der Waals surface area contributed by atoms with Gasteiger partial charge >= 0.3 is 12.1 Å². The molecule has 0 saturated carbocycles. The van der Waals surface area contributed by atoms with E-state index in [1.807, 2.05) is 0 Å². The molecule has 4 N–H and O–H groups in total. The molecule has 2 unspecified atom stereocenters. The number of hydrogen-bond donors (Lipinski definition) is 4. The van der Waals surface area contributed by atoms with Gasteiger partial charge in [-0.15, -0.1) is 0 Å². The molecule has 0 aliphatic carbocycles. The number of hydrogen-bond acceptors (Lipinski definition) is 6. The number of pyridine rings is 1. The van der Waals surface area contributed by atoms with Crippen LogP contribution in [0.15, 0.2) is 12.3 Å². The molecule has 9 heteroatoms. The predicted octanol–water partition coefficient (Wildman–Crippen LogP) is 0.838. The number of aromatic carboxylic acids is 1. The van der Waals surface area contributed by atoms with Crippen LogP contribution in [0.4, 0.5) is 9.18 Å². The summed E-state index contributed by atoms with van der Waals surface area (Å²) in [4.78, 5) is 25.8. The van der Waals surface area contributed by atoms with Crippen LogP contribution in [0.2, 0.25) is 0 Å². The highest BCUT2D eigenvalue weighted by molar-refractivity contribution is 5.87. The van der Waals surface area contributed by atoms with Gasteiger partial charge < -0.3 is 25.4 Å². The standard InChI is InChI=1S/C14H19FN2O6/c1-14(2,3)23-13(22)17-6-10(18)11(19)9-4-7(12(20)21)8(15)5-16-9/h4-5,10-11,18-19H,6H2,1-3H3,(H,17,22)(H,20,21). The van der Waals surface area contributed by atoms with Gasteiger partial charge in [0.2, 0.25) is 0 Å². The SMILES string of the molecule is CC(C)(C)OC(=O)NCC(O)C(O)c1cc(C(=O)O)c(F)cn1. The van der Waals surface area contributed by atoms with Gasteiger partial charge in [0.15, 0.2) is 5.82 Å². The number of carbonyl (C=O) groups is 2. The number of nitrogens with one attached hydrogen (secondary N) is 1. The number of carbonyl (C=O) groups excluding carboxylic acids is 1. The number of nitrogens with zero attached hydrogens (tertiary/aromatic N) is 1. The topological polar surface area (TPSA) is 129 Å². The number of aliphatic hydroxyl groups is 2. The molecule has 23 heavy (non-hydrogen) atoms. The average Bonchev–Trinajstić information content (AvgIpc) is 2.42. The Morgan fingerprint density at radius 2 is 2.00 bits per heavy atom. The minimum absolute atomic E-state index is 0.234. The van der Waals surface area contributed by atoms with Gasteiger partial charge in [-0.1, -0.05) is 0 Å². The Balaban J connectivity index is 2.70. The van der Waals surface area contributed by atoms with Crippen molar-refractivity contribution in [1.82, 2.24) is 10.3 Å². The maximum absolute atomic E-state index is 13.2. The molecule has 0 aliphatic rings. The smallest absolute Gasteiger partial charge is 0.407 e. The quantitative estimate of drug-likeness (QED) is 0.629. The number of aliphatic hydroxyl groups excluding tert-OH is 2. The number of alkyl carbamates (subject to hydrolysis) is 1. The van der Waals surface area contributed by atoms with Crippen molar-refractivity contribution in [3.05, 3.63) is 29.3 Å². The van der Waals surface area contributed by atoms with Crippen molar-refractivity contribution in [2.75, 3.05) is 6.54 Å². The highest BCUT2D eigenvalue weighted by atomic mass is 19.1. The first kappa shape index (κ1) is 18.8. The molecule has 1 amide bonds. The lowest BCUT2D eigenvalue weighted by Gasteiger charge is -2.22. The van der Waals surface area contributed by atoms with Crippen LogP contribution in [-0.2, 0) is 4.74 Å². The number of carboxylic acid groups (broad SMARTS) is 1. The van der Waals surface area contributed by atoms with Crippen molar-refractivity contribution in [3.63, 3.8) is 0 Å². The van der Waals surface area contributed by atoms with E-state index >= 15 is 0 Å². The average molecular weight is 330 g/mol. The van der Waals surface area contributed by atoms with E-state index in [-0.39, 0.29) is 12.2 Å². The van der Waals surface area contributed by atoms with Gasteiger partial charge in [-0.2, -0.15) is 0 Å². The van der Waals surface area contributed by atoms with E-state index < -0.39 is 41.3 Å². The highest BCUT2D eigenvalue weighted by Crippen LogP contribution is 2.17. The zero-order valence-corrected chi connectivity index (χ0v) is 12.9. The molecule has 0 fully saturated rings. The molecule has 0 aromatic carbocycles. The summed E-state index contributed by atoms with van der Waals surface area (Å²) in [6.07, 6.45) is -3.25. The van der Waals surface area contributed by atoms with Crippen LogP contribution in [0.3, 0.4) is 0 Å². The molecule has 1 heterocycles. The van der Waals surface area contributed by atoms with Crippen molar-refractivity contribution in [2.24, 2.45) is 0 Å². The van der Waals surface area contributed by atoms with Crippen LogP contribution in [0, 0.1) is 5.82 Å². The highest BCUT2D eigenvalue weighted by Gasteiger charge is 2.24. The summed E-state index contributed by atoms with van der Waals surface area (Å²) in [5.74, 6) is -2.59. The summed E-state index contributed by atoms with van der Waals surface area (Å²) in [5.41, 5.74) is -1.63. The molecular formula is C14H19FN2O6. The van der Waals surface area contributed by atoms with Crippen LogP contribution in [0.25, 0.3) is 0 Å². The van der Waals surface area contributed by atoms with E-state index in [2.05, 4.69) is 10.3 Å². The Labute approximate surface area is 131 Å². The second kappa shape index (κ2) is 7.34. The van der Waals surface area contributed by atoms with Gasteiger partial charge in [-0.05, 0) is 26.8 Å². The summed E-state index contributed by atoms with van der Waals surface area (Å²) in [6.45, 7) is 4.62. The number of amides is 1. The van der Waals surface area contributed by atoms with E-state index in [0.717, 1.165) is 6.07 Å². The predicted molar refractivity (Wildman–Crippen MR) is 76.4 cm³/mol. The molecule has 1 aromatic heterocycles. The van der Waals surface area contributed by atoms with Crippen molar-refractivity contribution < 1.29 is 34.0 Å². The largest absolute Gasteiger partial charge is 0.478 e. The van der Waals surface area contributed by atoms with Crippen molar-refractivity contribution in [1.29, 1.82) is 0 Å².